The number of aryl methyl sites for hydroxylation is 1. The van der Waals surface area contributed by atoms with Gasteiger partial charge in [-0.05, 0) is 36.2 Å². The molecule has 7 nitrogen and oxygen atoms in total. The highest BCUT2D eigenvalue weighted by atomic mass is 16.5. The number of rotatable bonds is 7. The van der Waals surface area contributed by atoms with Crippen LogP contribution in [0.5, 0.6) is 5.75 Å². The number of methoxy groups -OCH3 is 2. The fourth-order valence-electron chi connectivity index (χ4n) is 3.68. The van der Waals surface area contributed by atoms with Crippen molar-refractivity contribution in [3.63, 3.8) is 0 Å². The van der Waals surface area contributed by atoms with Crippen molar-refractivity contribution >= 4 is 11.6 Å². The van der Waals surface area contributed by atoms with Gasteiger partial charge in [-0.3, -0.25) is 9.59 Å². The number of amides is 1. The molecule has 2 aromatic rings. The lowest BCUT2D eigenvalue weighted by Gasteiger charge is -2.23. The molecule has 2 atom stereocenters. The standard InChI is InChI=1S/C21H26N2O5/c1-14-8-9-22(17(12-24)13-27-2)21(26)20(14)23-11-16(10-19(23)25)15-4-6-18(28-3)7-5-15/h4-9,16-17,24H,10-13H2,1-3H3/t16-,17?/m0/s1. The zero-order valence-corrected chi connectivity index (χ0v) is 16.4. The zero-order chi connectivity index (χ0) is 20.3. The summed E-state index contributed by atoms with van der Waals surface area (Å²) in [6.45, 7) is 2.25. The Labute approximate surface area is 164 Å². The summed E-state index contributed by atoms with van der Waals surface area (Å²) >= 11 is 0. The summed E-state index contributed by atoms with van der Waals surface area (Å²) in [6.07, 6.45) is 1.99. The highest BCUT2D eigenvalue weighted by Crippen LogP contribution is 2.32. The van der Waals surface area contributed by atoms with Crippen LogP contribution >= 0.6 is 0 Å². The molecule has 28 heavy (non-hydrogen) atoms. The van der Waals surface area contributed by atoms with Gasteiger partial charge in [0.1, 0.15) is 11.4 Å². The lowest BCUT2D eigenvalue weighted by atomic mass is 9.98. The number of benzene rings is 1. The predicted molar refractivity (Wildman–Crippen MR) is 106 cm³/mol. The van der Waals surface area contributed by atoms with Crippen molar-refractivity contribution in [1.82, 2.24) is 4.57 Å². The number of carbonyl (C=O) groups is 1. The summed E-state index contributed by atoms with van der Waals surface area (Å²) in [7, 11) is 3.13. The Kier molecular flexibility index (Phi) is 6.16. The molecule has 1 aromatic heterocycles. The first-order valence-corrected chi connectivity index (χ1v) is 9.26. The van der Waals surface area contributed by atoms with Gasteiger partial charge < -0.3 is 24.0 Å². The molecule has 1 saturated heterocycles. The second-order valence-corrected chi connectivity index (χ2v) is 7.03. The first-order valence-electron chi connectivity index (χ1n) is 9.26. The van der Waals surface area contributed by atoms with E-state index in [2.05, 4.69) is 0 Å². The van der Waals surface area contributed by atoms with E-state index in [-0.39, 0.29) is 30.6 Å². The highest BCUT2D eigenvalue weighted by Gasteiger charge is 2.34. The van der Waals surface area contributed by atoms with Gasteiger partial charge >= 0.3 is 0 Å². The van der Waals surface area contributed by atoms with Crippen molar-refractivity contribution < 1.29 is 19.4 Å². The maximum Gasteiger partial charge on any atom is 0.275 e. The number of aliphatic hydroxyl groups excluding tert-OH is 1. The van der Waals surface area contributed by atoms with Crippen LogP contribution in [0.3, 0.4) is 0 Å². The summed E-state index contributed by atoms with van der Waals surface area (Å²) in [5, 5.41) is 9.62. The minimum atomic E-state index is -0.494. The number of carbonyl (C=O) groups excluding carboxylic acids is 1. The number of aliphatic hydroxyl groups is 1. The topological polar surface area (TPSA) is 81.0 Å². The Morgan fingerprint density at radius 2 is 1.89 bits per heavy atom. The van der Waals surface area contributed by atoms with Gasteiger partial charge in [-0.1, -0.05) is 12.1 Å². The minimum Gasteiger partial charge on any atom is -0.497 e. The number of anilines is 1. The summed E-state index contributed by atoms with van der Waals surface area (Å²) in [5.74, 6) is 0.699. The lowest BCUT2D eigenvalue weighted by Crippen LogP contribution is -2.37. The van der Waals surface area contributed by atoms with Crippen LogP contribution in [-0.2, 0) is 9.53 Å². The molecular weight excluding hydrogens is 360 g/mol. The monoisotopic (exact) mass is 386 g/mol. The molecule has 0 bridgehead atoms. The van der Waals surface area contributed by atoms with E-state index in [1.807, 2.05) is 31.2 Å². The van der Waals surface area contributed by atoms with Gasteiger partial charge in [0.25, 0.3) is 5.56 Å². The van der Waals surface area contributed by atoms with E-state index in [0.29, 0.717) is 18.7 Å². The van der Waals surface area contributed by atoms with Gasteiger partial charge in [0.2, 0.25) is 5.91 Å². The van der Waals surface area contributed by atoms with Crippen LogP contribution in [0.1, 0.15) is 29.5 Å². The number of aromatic nitrogens is 1. The molecular formula is C21H26N2O5. The predicted octanol–water partition coefficient (Wildman–Crippen LogP) is 1.87. The maximum absolute atomic E-state index is 13.1. The van der Waals surface area contributed by atoms with Gasteiger partial charge in [-0.25, -0.2) is 0 Å². The SMILES string of the molecule is COCC(CO)n1ccc(C)c(N2C[C@@H](c3ccc(OC)cc3)CC2=O)c1=O. The molecule has 0 aliphatic carbocycles. The van der Waals surface area contributed by atoms with E-state index in [1.165, 1.54) is 11.7 Å². The van der Waals surface area contributed by atoms with Crippen LogP contribution in [0.25, 0.3) is 0 Å². The van der Waals surface area contributed by atoms with Gasteiger partial charge in [0.15, 0.2) is 0 Å². The van der Waals surface area contributed by atoms with Crippen molar-refractivity contribution in [2.24, 2.45) is 0 Å². The van der Waals surface area contributed by atoms with Crippen LogP contribution in [0.2, 0.25) is 0 Å². The Morgan fingerprint density at radius 1 is 1.18 bits per heavy atom. The van der Waals surface area contributed by atoms with Gasteiger partial charge in [0, 0.05) is 32.2 Å². The van der Waals surface area contributed by atoms with E-state index < -0.39 is 6.04 Å². The third-order valence-electron chi connectivity index (χ3n) is 5.24. The van der Waals surface area contributed by atoms with Gasteiger partial charge in [-0.15, -0.1) is 0 Å². The largest absolute Gasteiger partial charge is 0.497 e. The summed E-state index contributed by atoms with van der Waals surface area (Å²) in [6, 6.07) is 8.96. The number of pyridine rings is 1. The first kappa shape index (κ1) is 20.1. The molecule has 1 amide bonds. The van der Waals surface area contributed by atoms with E-state index in [0.717, 1.165) is 16.9 Å². The molecule has 1 N–H and O–H groups in total. The lowest BCUT2D eigenvalue weighted by molar-refractivity contribution is -0.117. The van der Waals surface area contributed by atoms with Crippen molar-refractivity contribution in [1.29, 1.82) is 0 Å². The average Bonchev–Trinajstić information content (AvgIpc) is 3.08. The number of hydrogen-bond acceptors (Lipinski definition) is 5. The third-order valence-corrected chi connectivity index (χ3v) is 5.24. The molecule has 1 fully saturated rings. The van der Waals surface area contributed by atoms with E-state index in [9.17, 15) is 14.7 Å². The summed E-state index contributed by atoms with van der Waals surface area (Å²) in [4.78, 5) is 27.4. The minimum absolute atomic E-state index is 0.0125. The zero-order valence-electron chi connectivity index (χ0n) is 16.4. The summed E-state index contributed by atoms with van der Waals surface area (Å²) < 4.78 is 11.7. The number of hydrogen-bond donors (Lipinski definition) is 1. The van der Waals surface area contributed by atoms with Gasteiger partial charge in [0.05, 0.1) is 26.4 Å². The fraction of sp³-hybridized carbons (Fsp3) is 0.429. The molecule has 1 aromatic carbocycles. The second-order valence-electron chi connectivity index (χ2n) is 7.03. The molecule has 0 saturated carbocycles. The van der Waals surface area contributed by atoms with E-state index in [4.69, 9.17) is 9.47 Å². The van der Waals surface area contributed by atoms with Gasteiger partial charge in [-0.2, -0.15) is 0 Å². The second kappa shape index (κ2) is 8.58. The highest BCUT2D eigenvalue weighted by molar-refractivity contribution is 5.97. The van der Waals surface area contributed by atoms with Crippen molar-refractivity contribution in [2.45, 2.75) is 25.3 Å². The number of nitrogens with zero attached hydrogens (tertiary/aromatic N) is 2. The van der Waals surface area contributed by atoms with Crippen LogP contribution in [0.4, 0.5) is 5.69 Å². The molecule has 1 aliphatic heterocycles. The smallest absolute Gasteiger partial charge is 0.275 e. The average molecular weight is 386 g/mol. The van der Waals surface area contributed by atoms with Crippen molar-refractivity contribution in [2.75, 3.05) is 38.9 Å². The first-order chi connectivity index (χ1) is 13.5. The van der Waals surface area contributed by atoms with E-state index >= 15 is 0 Å². The maximum atomic E-state index is 13.1. The Hall–Kier alpha value is -2.64. The van der Waals surface area contributed by atoms with E-state index in [1.54, 1.807) is 24.3 Å². The molecule has 3 rings (SSSR count). The van der Waals surface area contributed by atoms with Crippen LogP contribution in [-0.4, -0.2) is 49.6 Å². The van der Waals surface area contributed by atoms with Crippen LogP contribution < -0.4 is 15.2 Å². The van der Waals surface area contributed by atoms with Crippen molar-refractivity contribution in [3.8, 4) is 5.75 Å². The summed E-state index contributed by atoms with van der Waals surface area (Å²) in [5.41, 5.74) is 1.86. The molecule has 0 spiro atoms. The number of ether oxygens (including phenoxy) is 2. The van der Waals surface area contributed by atoms with Crippen LogP contribution in [0, 0.1) is 6.92 Å². The molecule has 0 radical (unpaired) electrons. The van der Waals surface area contributed by atoms with Crippen molar-refractivity contribution in [3.05, 3.63) is 58.0 Å². The van der Waals surface area contributed by atoms with Crippen LogP contribution in [0.15, 0.2) is 41.3 Å². The Morgan fingerprint density at radius 3 is 2.50 bits per heavy atom. The third kappa shape index (κ3) is 3.81. The molecule has 7 heteroatoms. The molecule has 1 aliphatic rings. The Bertz CT molecular complexity index is 891. The Balaban J connectivity index is 1.92. The normalized spacial score (nSPS) is 17.8. The molecule has 150 valence electrons. The fourth-order valence-corrected chi connectivity index (χ4v) is 3.68. The molecule has 2 heterocycles. The molecule has 1 unspecified atom stereocenters. The quantitative estimate of drug-likeness (QED) is 0.786.